The average Bonchev–Trinajstić information content (AvgIpc) is 2.95. The molecule has 0 spiro atoms. The van der Waals surface area contributed by atoms with Gasteiger partial charge in [0, 0.05) is 29.2 Å². The fourth-order valence-corrected chi connectivity index (χ4v) is 2.30. The SMILES string of the molecule is CNC(C)Cc1noc(-c2cc(Br)cn2C(C)C)n1. The second kappa shape index (κ2) is 5.88. The van der Waals surface area contributed by atoms with E-state index in [0.717, 1.165) is 22.4 Å². The van der Waals surface area contributed by atoms with Crippen LogP contribution in [-0.4, -0.2) is 27.8 Å². The van der Waals surface area contributed by atoms with Crippen LogP contribution in [0.2, 0.25) is 0 Å². The van der Waals surface area contributed by atoms with Gasteiger partial charge in [-0.1, -0.05) is 5.16 Å². The summed E-state index contributed by atoms with van der Waals surface area (Å²) in [4.78, 5) is 4.47. The molecule has 6 heteroatoms. The molecule has 0 saturated carbocycles. The molecule has 0 aliphatic carbocycles. The van der Waals surface area contributed by atoms with Crippen molar-refractivity contribution in [3.63, 3.8) is 0 Å². The van der Waals surface area contributed by atoms with Crippen molar-refractivity contribution in [2.75, 3.05) is 7.05 Å². The van der Waals surface area contributed by atoms with Gasteiger partial charge in [0.2, 0.25) is 0 Å². The van der Waals surface area contributed by atoms with Crippen molar-refractivity contribution < 1.29 is 4.52 Å². The molecule has 0 saturated heterocycles. The summed E-state index contributed by atoms with van der Waals surface area (Å²) in [5.41, 5.74) is 0.942. The molecule has 0 radical (unpaired) electrons. The Labute approximate surface area is 121 Å². The summed E-state index contributed by atoms with van der Waals surface area (Å²) in [7, 11) is 1.92. The molecule has 104 valence electrons. The Hall–Kier alpha value is -1.14. The van der Waals surface area contributed by atoms with E-state index in [1.807, 2.05) is 19.3 Å². The molecule has 0 bridgehead atoms. The fourth-order valence-electron chi connectivity index (χ4n) is 1.86. The van der Waals surface area contributed by atoms with Crippen molar-refractivity contribution in [1.82, 2.24) is 20.0 Å². The van der Waals surface area contributed by atoms with Gasteiger partial charge < -0.3 is 14.4 Å². The van der Waals surface area contributed by atoms with Gasteiger partial charge in [0.1, 0.15) is 5.69 Å². The predicted octanol–water partition coefficient (Wildman–Crippen LogP) is 3.03. The van der Waals surface area contributed by atoms with Crippen molar-refractivity contribution in [3.05, 3.63) is 22.6 Å². The van der Waals surface area contributed by atoms with Gasteiger partial charge in [0.05, 0.1) is 0 Å². The van der Waals surface area contributed by atoms with Crippen LogP contribution in [0, 0.1) is 0 Å². The quantitative estimate of drug-likeness (QED) is 0.917. The van der Waals surface area contributed by atoms with Crippen LogP contribution in [0.25, 0.3) is 11.6 Å². The topological polar surface area (TPSA) is 55.9 Å². The maximum Gasteiger partial charge on any atom is 0.274 e. The molecule has 1 atom stereocenters. The van der Waals surface area contributed by atoms with Crippen molar-refractivity contribution in [2.24, 2.45) is 0 Å². The lowest BCUT2D eigenvalue weighted by atomic mass is 10.2. The first-order chi connectivity index (χ1) is 9.01. The number of halogens is 1. The number of likely N-dealkylation sites (N-methyl/N-ethyl adjacent to an activating group) is 1. The molecule has 1 unspecified atom stereocenters. The van der Waals surface area contributed by atoms with Gasteiger partial charge >= 0.3 is 0 Å². The molecule has 0 fully saturated rings. The summed E-state index contributed by atoms with van der Waals surface area (Å²) < 4.78 is 8.50. The van der Waals surface area contributed by atoms with Crippen molar-refractivity contribution in [3.8, 4) is 11.6 Å². The number of hydrogen-bond acceptors (Lipinski definition) is 4. The minimum Gasteiger partial charge on any atom is -0.340 e. The molecule has 2 aromatic rings. The Bertz CT molecular complexity index is 547. The summed E-state index contributed by atoms with van der Waals surface area (Å²) >= 11 is 3.49. The molecule has 2 heterocycles. The molecule has 0 aromatic carbocycles. The normalized spacial score (nSPS) is 13.2. The van der Waals surface area contributed by atoms with E-state index in [1.54, 1.807) is 0 Å². The van der Waals surface area contributed by atoms with Crippen LogP contribution in [-0.2, 0) is 6.42 Å². The molecule has 5 nitrogen and oxygen atoms in total. The van der Waals surface area contributed by atoms with Gasteiger partial charge in [0.25, 0.3) is 5.89 Å². The van der Waals surface area contributed by atoms with E-state index in [4.69, 9.17) is 4.52 Å². The fraction of sp³-hybridized carbons (Fsp3) is 0.538. The Morgan fingerprint density at radius 3 is 2.79 bits per heavy atom. The molecule has 0 aliphatic heterocycles. The molecule has 19 heavy (non-hydrogen) atoms. The van der Waals surface area contributed by atoms with Crippen LogP contribution >= 0.6 is 15.9 Å². The van der Waals surface area contributed by atoms with E-state index in [0.29, 0.717) is 18.0 Å². The molecule has 2 rings (SSSR count). The van der Waals surface area contributed by atoms with Gasteiger partial charge in [-0.15, -0.1) is 0 Å². The molecular weight excluding hydrogens is 308 g/mol. The van der Waals surface area contributed by atoms with E-state index in [2.05, 4.69) is 56.7 Å². The van der Waals surface area contributed by atoms with Crippen molar-refractivity contribution >= 4 is 15.9 Å². The number of aromatic nitrogens is 3. The highest BCUT2D eigenvalue weighted by Gasteiger charge is 2.16. The van der Waals surface area contributed by atoms with Crippen LogP contribution in [0.15, 0.2) is 21.3 Å². The Balaban J connectivity index is 2.27. The van der Waals surface area contributed by atoms with Crippen LogP contribution in [0.5, 0.6) is 0 Å². The lowest BCUT2D eigenvalue weighted by molar-refractivity contribution is 0.413. The van der Waals surface area contributed by atoms with Crippen LogP contribution in [0.1, 0.15) is 32.6 Å². The van der Waals surface area contributed by atoms with E-state index >= 15 is 0 Å². The zero-order valence-corrected chi connectivity index (χ0v) is 13.2. The summed E-state index contributed by atoms with van der Waals surface area (Å²) in [5.74, 6) is 1.29. The lowest BCUT2D eigenvalue weighted by Gasteiger charge is -2.09. The molecule has 0 amide bonds. The Kier molecular flexibility index (Phi) is 4.42. The van der Waals surface area contributed by atoms with Crippen LogP contribution in [0.3, 0.4) is 0 Å². The summed E-state index contributed by atoms with van der Waals surface area (Å²) in [6.45, 7) is 6.33. The third-order valence-corrected chi connectivity index (χ3v) is 3.47. The standard InChI is InChI=1S/C13H19BrN4O/c1-8(2)18-7-10(14)6-11(18)13-16-12(17-19-13)5-9(3)15-4/h6-9,15H,5H2,1-4H3. The van der Waals surface area contributed by atoms with E-state index in [-0.39, 0.29) is 0 Å². The van der Waals surface area contributed by atoms with Gasteiger partial charge in [-0.05, 0) is 49.8 Å². The molecule has 0 aliphatic rings. The number of hydrogen-bond donors (Lipinski definition) is 1. The second-order valence-corrected chi connectivity index (χ2v) is 5.87. The number of rotatable bonds is 5. The first-order valence-electron chi connectivity index (χ1n) is 6.39. The van der Waals surface area contributed by atoms with Gasteiger partial charge in [-0.3, -0.25) is 0 Å². The minimum atomic E-state index is 0.328. The van der Waals surface area contributed by atoms with Gasteiger partial charge in [-0.2, -0.15) is 4.98 Å². The molecule has 2 aromatic heterocycles. The molecule has 1 N–H and O–H groups in total. The second-order valence-electron chi connectivity index (χ2n) is 4.95. The first kappa shape index (κ1) is 14.3. The van der Waals surface area contributed by atoms with Crippen LogP contribution < -0.4 is 5.32 Å². The highest BCUT2D eigenvalue weighted by atomic mass is 79.9. The maximum atomic E-state index is 5.37. The monoisotopic (exact) mass is 326 g/mol. The van der Waals surface area contributed by atoms with E-state index in [9.17, 15) is 0 Å². The van der Waals surface area contributed by atoms with Crippen molar-refractivity contribution in [2.45, 2.75) is 39.3 Å². The minimum absolute atomic E-state index is 0.328. The number of nitrogens with zero attached hydrogens (tertiary/aromatic N) is 3. The van der Waals surface area contributed by atoms with Gasteiger partial charge in [-0.25, -0.2) is 0 Å². The molecular formula is C13H19BrN4O. The van der Waals surface area contributed by atoms with Gasteiger partial charge in [0.15, 0.2) is 5.82 Å². The van der Waals surface area contributed by atoms with E-state index in [1.165, 1.54) is 0 Å². The van der Waals surface area contributed by atoms with E-state index < -0.39 is 0 Å². The zero-order chi connectivity index (χ0) is 14.0. The largest absolute Gasteiger partial charge is 0.340 e. The average molecular weight is 327 g/mol. The summed E-state index contributed by atoms with van der Waals surface area (Å²) in [5, 5.41) is 7.20. The third kappa shape index (κ3) is 3.25. The highest BCUT2D eigenvalue weighted by Crippen LogP contribution is 2.27. The Morgan fingerprint density at radius 1 is 1.42 bits per heavy atom. The smallest absolute Gasteiger partial charge is 0.274 e. The summed E-state index contributed by atoms with van der Waals surface area (Å²) in [6, 6.07) is 2.67. The Morgan fingerprint density at radius 2 is 2.16 bits per heavy atom. The van der Waals surface area contributed by atoms with Crippen LogP contribution in [0.4, 0.5) is 0 Å². The highest BCUT2D eigenvalue weighted by molar-refractivity contribution is 9.10. The van der Waals surface area contributed by atoms with Crippen molar-refractivity contribution in [1.29, 1.82) is 0 Å². The third-order valence-electron chi connectivity index (χ3n) is 3.04. The first-order valence-corrected chi connectivity index (χ1v) is 7.18. The maximum absolute atomic E-state index is 5.37. The zero-order valence-electron chi connectivity index (χ0n) is 11.6. The predicted molar refractivity (Wildman–Crippen MR) is 78.0 cm³/mol. The summed E-state index contributed by atoms with van der Waals surface area (Å²) in [6.07, 6.45) is 2.78. The lowest BCUT2D eigenvalue weighted by Crippen LogP contribution is -2.24. The number of nitrogens with one attached hydrogen (secondary N) is 1.